The Morgan fingerprint density at radius 3 is 2.22 bits per heavy atom. The zero-order valence-corrected chi connectivity index (χ0v) is 7.97. The van der Waals surface area contributed by atoms with E-state index in [-0.39, 0.29) is 0 Å². The SMILES string of the molecule is BC1CC2CC1CC2I. The molecule has 2 aliphatic carbocycles. The van der Waals surface area contributed by atoms with Crippen molar-refractivity contribution in [1.82, 2.24) is 0 Å². The minimum absolute atomic E-state index is 1.03. The van der Waals surface area contributed by atoms with Crippen LogP contribution < -0.4 is 0 Å². The molecule has 2 aliphatic rings. The predicted octanol–water partition coefficient (Wildman–Crippen LogP) is 1.64. The molecular formula is C7H12BI. The van der Waals surface area contributed by atoms with E-state index in [9.17, 15) is 0 Å². The standard InChI is InChI=1S/C7H12BI/c8-6-2-5-1-4(6)3-7(5)9/h4-7H,1-3,8H2. The van der Waals surface area contributed by atoms with Crippen molar-refractivity contribution in [3.05, 3.63) is 0 Å². The molecule has 2 bridgehead atoms. The third kappa shape index (κ3) is 0.939. The van der Waals surface area contributed by atoms with Crippen molar-refractivity contribution in [3.63, 3.8) is 0 Å². The smallest absolute Gasteiger partial charge is 0.0823 e. The summed E-state index contributed by atoms with van der Waals surface area (Å²) in [5, 5.41) is 0. The number of fused-ring (bicyclic) bond motifs is 2. The summed E-state index contributed by atoms with van der Waals surface area (Å²) in [4.78, 5) is 0. The topological polar surface area (TPSA) is 0 Å². The van der Waals surface area contributed by atoms with Gasteiger partial charge in [0.25, 0.3) is 0 Å². The first kappa shape index (κ1) is 6.50. The number of halogens is 1. The van der Waals surface area contributed by atoms with Gasteiger partial charge in [-0.3, -0.25) is 0 Å². The van der Waals surface area contributed by atoms with Gasteiger partial charge in [-0.25, -0.2) is 0 Å². The van der Waals surface area contributed by atoms with Crippen LogP contribution in [-0.2, 0) is 0 Å². The second-order valence-electron chi connectivity index (χ2n) is 3.72. The van der Waals surface area contributed by atoms with Gasteiger partial charge in [0.2, 0.25) is 0 Å². The van der Waals surface area contributed by atoms with E-state index in [0.29, 0.717) is 0 Å². The van der Waals surface area contributed by atoms with Crippen LogP contribution in [0.2, 0.25) is 5.82 Å². The van der Waals surface area contributed by atoms with Gasteiger partial charge in [-0.1, -0.05) is 34.8 Å². The van der Waals surface area contributed by atoms with E-state index in [0.717, 1.165) is 21.6 Å². The maximum atomic E-state index is 2.63. The summed E-state index contributed by atoms with van der Waals surface area (Å²) >= 11 is 2.63. The molecule has 0 spiro atoms. The summed E-state index contributed by atoms with van der Waals surface area (Å²) < 4.78 is 1.03. The molecular weight excluding hydrogens is 222 g/mol. The Labute approximate surface area is 71.3 Å². The fourth-order valence-corrected chi connectivity index (χ4v) is 3.73. The van der Waals surface area contributed by atoms with Gasteiger partial charge in [0.05, 0.1) is 0 Å². The monoisotopic (exact) mass is 234 g/mol. The lowest BCUT2D eigenvalue weighted by Crippen LogP contribution is -2.13. The molecule has 0 saturated heterocycles. The molecule has 0 nitrogen and oxygen atoms in total. The minimum Gasteiger partial charge on any atom is -0.0823 e. The fraction of sp³-hybridized carbons (Fsp3) is 1.00. The summed E-state index contributed by atoms with van der Waals surface area (Å²) in [6.07, 6.45) is 4.60. The number of rotatable bonds is 0. The summed E-state index contributed by atoms with van der Waals surface area (Å²) in [5.41, 5.74) is 0. The summed E-state index contributed by atoms with van der Waals surface area (Å²) in [6, 6.07) is 0. The van der Waals surface area contributed by atoms with E-state index in [1.807, 2.05) is 0 Å². The van der Waals surface area contributed by atoms with Crippen molar-refractivity contribution in [2.24, 2.45) is 11.8 Å². The summed E-state index contributed by atoms with van der Waals surface area (Å²) in [5.74, 6) is 3.27. The summed E-state index contributed by atoms with van der Waals surface area (Å²) in [7, 11) is 2.42. The molecule has 2 saturated carbocycles. The molecule has 0 aliphatic heterocycles. The van der Waals surface area contributed by atoms with E-state index >= 15 is 0 Å². The summed E-state index contributed by atoms with van der Waals surface area (Å²) in [6.45, 7) is 0. The molecule has 0 heterocycles. The van der Waals surface area contributed by atoms with E-state index in [2.05, 4.69) is 30.4 Å². The van der Waals surface area contributed by atoms with Gasteiger partial charge in [-0.05, 0) is 24.7 Å². The van der Waals surface area contributed by atoms with Crippen molar-refractivity contribution in [2.75, 3.05) is 0 Å². The molecule has 0 aromatic rings. The normalized spacial score (nSPS) is 56.6. The first-order valence-corrected chi connectivity index (χ1v) is 5.16. The van der Waals surface area contributed by atoms with Crippen LogP contribution in [0.25, 0.3) is 0 Å². The predicted molar refractivity (Wildman–Crippen MR) is 50.9 cm³/mol. The van der Waals surface area contributed by atoms with Crippen molar-refractivity contribution in [2.45, 2.75) is 29.0 Å². The fourth-order valence-electron chi connectivity index (χ4n) is 2.49. The van der Waals surface area contributed by atoms with Gasteiger partial charge < -0.3 is 0 Å². The van der Waals surface area contributed by atoms with Gasteiger partial charge >= 0.3 is 0 Å². The Hall–Kier alpha value is 0.795. The van der Waals surface area contributed by atoms with Gasteiger partial charge in [0.1, 0.15) is 7.85 Å². The zero-order valence-electron chi connectivity index (χ0n) is 5.81. The molecule has 4 atom stereocenters. The van der Waals surface area contributed by atoms with Crippen LogP contribution in [0, 0.1) is 11.8 Å². The Kier molecular flexibility index (Phi) is 1.55. The average Bonchev–Trinajstić information content (AvgIpc) is 2.24. The van der Waals surface area contributed by atoms with Crippen LogP contribution in [0.3, 0.4) is 0 Å². The highest BCUT2D eigenvalue weighted by atomic mass is 127. The molecule has 2 fully saturated rings. The largest absolute Gasteiger partial charge is 0.105 e. The van der Waals surface area contributed by atoms with Crippen molar-refractivity contribution < 1.29 is 0 Å². The van der Waals surface area contributed by atoms with Crippen LogP contribution >= 0.6 is 22.6 Å². The maximum Gasteiger partial charge on any atom is 0.105 e. The molecule has 0 aromatic carbocycles. The third-order valence-corrected chi connectivity index (χ3v) is 4.65. The molecule has 0 radical (unpaired) electrons. The molecule has 0 amide bonds. The molecule has 2 heteroatoms. The first-order chi connectivity index (χ1) is 4.27. The Balaban J connectivity index is 2.10. The van der Waals surface area contributed by atoms with Gasteiger partial charge in [0.15, 0.2) is 0 Å². The van der Waals surface area contributed by atoms with E-state index in [4.69, 9.17) is 0 Å². The lowest BCUT2D eigenvalue weighted by atomic mass is 9.75. The van der Waals surface area contributed by atoms with Crippen LogP contribution in [-0.4, -0.2) is 11.8 Å². The molecule has 0 aromatic heterocycles. The van der Waals surface area contributed by atoms with Crippen LogP contribution in [0.4, 0.5) is 0 Å². The van der Waals surface area contributed by atoms with Gasteiger partial charge in [-0.15, -0.1) is 0 Å². The van der Waals surface area contributed by atoms with E-state index in [1.54, 1.807) is 6.42 Å². The lowest BCUT2D eigenvalue weighted by Gasteiger charge is -2.20. The Bertz CT molecular complexity index is 108. The van der Waals surface area contributed by atoms with Crippen LogP contribution in [0.15, 0.2) is 0 Å². The highest BCUT2D eigenvalue weighted by Crippen LogP contribution is 2.52. The Morgan fingerprint density at radius 2 is 1.89 bits per heavy atom. The molecule has 9 heavy (non-hydrogen) atoms. The quantitative estimate of drug-likeness (QED) is 0.339. The lowest BCUT2D eigenvalue weighted by molar-refractivity contribution is 0.503. The second kappa shape index (κ2) is 2.14. The highest BCUT2D eigenvalue weighted by molar-refractivity contribution is 14.1. The number of alkyl halides is 1. The zero-order chi connectivity index (χ0) is 6.43. The third-order valence-electron chi connectivity index (χ3n) is 3.12. The number of hydrogen-bond donors (Lipinski definition) is 0. The molecule has 0 N–H and O–H groups in total. The van der Waals surface area contributed by atoms with Crippen molar-refractivity contribution in [1.29, 1.82) is 0 Å². The van der Waals surface area contributed by atoms with Crippen molar-refractivity contribution >= 4 is 30.4 Å². The maximum absolute atomic E-state index is 2.63. The minimum atomic E-state index is 1.03. The second-order valence-corrected chi connectivity index (χ2v) is 5.32. The van der Waals surface area contributed by atoms with Crippen LogP contribution in [0.5, 0.6) is 0 Å². The Morgan fingerprint density at radius 1 is 1.11 bits per heavy atom. The molecule has 4 unspecified atom stereocenters. The molecule has 50 valence electrons. The van der Waals surface area contributed by atoms with E-state index < -0.39 is 0 Å². The highest BCUT2D eigenvalue weighted by Gasteiger charge is 2.42. The van der Waals surface area contributed by atoms with Crippen molar-refractivity contribution in [3.8, 4) is 0 Å². The van der Waals surface area contributed by atoms with Crippen LogP contribution in [0.1, 0.15) is 19.3 Å². The number of hydrogen-bond acceptors (Lipinski definition) is 0. The van der Waals surface area contributed by atoms with Gasteiger partial charge in [0, 0.05) is 3.92 Å². The molecule has 2 rings (SSSR count). The average molecular weight is 234 g/mol. The first-order valence-electron chi connectivity index (χ1n) is 3.91. The van der Waals surface area contributed by atoms with Gasteiger partial charge in [-0.2, -0.15) is 0 Å². The van der Waals surface area contributed by atoms with E-state index in [1.165, 1.54) is 12.8 Å².